The molecule has 16 heavy (non-hydrogen) atoms. The molecule has 0 aromatic heterocycles. The van der Waals surface area contributed by atoms with Gasteiger partial charge in [0.15, 0.2) is 5.78 Å². The first-order valence-corrected chi connectivity index (χ1v) is 6.35. The molecule has 0 aliphatic heterocycles. The van der Waals surface area contributed by atoms with Gasteiger partial charge in [0.25, 0.3) is 0 Å². The SMILES string of the molecule is CC(C)(C)OCCC/C=C1\CCCCC1=O. The quantitative estimate of drug-likeness (QED) is 0.538. The summed E-state index contributed by atoms with van der Waals surface area (Å²) in [6.07, 6.45) is 8.08. The molecule has 0 unspecified atom stereocenters. The molecule has 0 aromatic rings. The topological polar surface area (TPSA) is 26.3 Å². The second-order valence-corrected chi connectivity index (χ2v) is 5.46. The number of allylic oxidation sites excluding steroid dienone is 2. The van der Waals surface area contributed by atoms with Crippen LogP contribution in [0.2, 0.25) is 0 Å². The molecule has 0 bridgehead atoms. The van der Waals surface area contributed by atoms with Crippen molar-refractivity contribution in [2.45, 2.75) is 64.9 Å². The van der Waals surface area contributed by atoms with Crippen LogP contribution in [0.15, 0.2) is 11.6 Å². The minimum atomic E-state index is -0.0478. The maximum absolute atomic E-state index is 11.5. The summed E-state index contributed by atoms with van der Waals surface area (Å²) in [6.45, 7) is 6.98. The fourth-order valence-corrected chi connectivity index (χ4v) is 1.85. The maximum atomic E-state index is 11.5. The van der Waals surface area contributed by atoms with E-state index in [-0.39, 0.29) is 5.60 Å². The van der Waals surface area contributed by atoms with Crippen molar-refractivity contribution in [3.05, 3.63) is 11.6 Å². The van der Waals surface area contributed by atoms with Gasteiger partial charge in [-0.25, -0.2) is 0 Å². The molecule has 1 saturated carbocycles. The third-order valence-electron chi connectivity index (χ3n) is 2.73. The van der Waals surface area contributed by atoms with E-state index in [4.69, 9.17) is 4.74 Å². The van der Waals surface area contributed by atoms with Gasteiger partial charge in [0, 0.05) is 13.0 Å². The van der Waals surface area contributed by atoms with Crippen LogP contribution in [0.25, 0.3) is 0 Å². The predicted molar refractivity (Wildman–Crippen MR) is 66.5 cm³/mol. The van der Waals surface area contributed by atoms with E-state index in [1.165, 1.54) is 6.42 Å². The summed E-state index contributed by atoms with van der Waals surface area (Å²) in [5.41, 5.74) is 1.01. The smallest absolute Gasteiger partial charge is 0.158 e. The van der Waals surface area contributed by atoms with Crippen molar-refractivity contribution in [3.8, 4) is 0 Å². The highest BCUT2D eigenvalue weighted by Crippen LogP contribution is 2.20. The van der Waals surface area contributed by atoms with Gasteiger partial charge >= 0.3 is 0 Å². The summed E-state index contributed by atoms with van der Waals surface area (Å²) in [7, 11) is 0. The Morgan fingerprint density at radius 3 is 2.56 bits per heavy atom. The van der Waals surface area contributed by atoms with E-state index in [0.717, 1.165) is 44.3 Å². The molecule has 1 aliphatic carbocycles. The van der Waals surface area contributed by atoms with Crippen molar-refractivity contribution in [3.63, 3.8) is 0 Å². The average molecular weight is 224 g/mol. The molecule has 1 aliphatic rings. The Balaban J connectivity index is 2.18. The first-order valence-electron chi connectivity index (χ1n) is 6.35. The van der Waals surface area contributed by atoms with Gasteiger partial charge in [-0.2, -0.15) is 0 Å². The summed E-state index contributed by atoms with van der Waals surface area (Å²) in [5.74, 6) is 0.364. The zero-order valence-electron chi connectivity index (χ0n) is 10.8. The molecule has 0 aromatic carbocycles. The van der Waals surface area contributed by atoms with Crippen LogP contribution in [-0.4, -0.2) is 18.0 Å². The van der Waals surface area contributed by atoms with Crippen LogP contribution in [-0.2, 0) is 9.53 Å². The highest BCUT2D eigenvalue weighted by Gasteiger charge is 2.14. The molecular weight excluding hydrogens is 200 g/mol. The van der Waals surface area contributed by atoms with Crippen molar-refractivity contribution in [2.75, 3.05) is 6.61 Å². The minimum absolute atomic E-state index is 0.0478. The van der Waals surface area contributed by atoms with Gasteiger partial charge in [-0.1, -0.05) is 6.08 Å². The van der Waals surface area contributed by atoms with Crippen LogP contribution < -0.4 is 0 Å². The van der Waals surface area contributed by atoms with Gasteiger partial charge in [0.05, 0.1) is 5.60 Å². The molecule has 0 radical (unpaired) electrons. The standard InChI is InChI=1S/C14H24O2/c1-14(2,3)16-11-7-6-9-12-8-4-5-10-13(12)15/h9H,4-8,10-11H2,1-3H3/b12-9+. The normalized spacial score (nSPS) is 20.4. The summed E-state index contributed by atoms with van der Waals surface area (Å²) < 4.78 is 5.63. The molecule has 0 spiro atoms. The van der Waals surface area contributed by atoms with Gasteiger partial charge in [-0.05, 0) is 58.4 Å². The van der Waals surface area contributed by atoms with Crippen molar-refractivity contribution in [2.24, 2.45) is 0 Å². The Hall–Kier alpha value is -0.630. The fourth-order valence-electron chi connectivity index (χ4n) is 1.85. The monoisotopic (exact) mass is 224 g/mol. The largest absolute Gasteiger partial charge is 0.376 e. The van der Waals surface area contributed by atoms with E-state index < -0.39 is 0 Å². The first-order chi connectivity index (χ1) is 7.49. The zero-order chi connectivity index (χ0) is 12.0. The Morgan fingerprint density at radius 2 is 1.94 bits per heavy atom. The Bertz CT molecular complexity index is 258. The molecule has 0 N–H and O–H groups in total. The number of hydrogen-bond donors (Lipinski definition) is 0. The molecule has 0 amide bonds. The van der Waals surface area contributed by atoms with Crippen LogP contribution >= 0.6 is 0 Å². The van der Waals surface area contributed by atoms with Crippen molar-refractivity contribution in [1.29, 1.82) is 0 Å². The second-order valence-electron chi connectivity index (χ2n) is 5.46. The molecule has 0 heterocycles. The van der Waals surface area contributed by atoms with E-state index in [1.54, 1.807) is 0 Å². The van der Waals surface area contributed by atoms with Crippen LogP contribution in [0, 0.1) is 0 Å². The number of ketones is 1. The lowest BCUT2D eigenvalue weighted by Crippen LogP contribution is -2.19. The Labute approximate surface area is 99.1 Å². The minimum Gasteiger partial charge on any atom is -0.376 e. The third kappa shape index (κ3) is 5.45. The number of rotatable bonds is 4. The first kappa shape index (κ1) is 13.4. The third-order valence-corrected chi connectivity index (χ3v) is 2.73. The van der Waals surface area contributed by atoms with Gasteiger partial charge in [0.2, 0.25) is 0 Å². The lowest BCUT2D eigenvalue weighted by Gasteiger charge is -2.19. The van der Waals surface area contributed by atoms with E-state index in [9.17, 15) is 4.79 Å². The predicted octanol–water partition coefficient (Wildman–Crippen LogP) is 3.65. The molecule has 0 saturated heterocycles. The zero-order valence-corrected chi connectivity index (χ0v) is 10.8. The highest BCUT2D eigenvalue weighted by molar-refractivity contribution is 5.95. The van der Waals surface area contributed by atoms with E-state index in [0.29, 0.717) is 5.78 Å². The lowest BCUT2D eigenvalue weighted by atomic mass is 9.93. The maximum Gasteiger partial charge on any atom is 0.158 e. The molecule has 1 fully saturated rings. The van der Waals surface area contributed by atoms with Gasteiger partial charge in [0.1, 0.15) is 0 Å². The van der Waals surface area contributed by atoms with Gasteiger partial charge in [-0.15, -0.1) is 0 Å². The van der Waals surface area contributed by atoms with Crippen molar-refractivity contribution < 1.29 is 9.53 Å². The van der Waals surface area contributed by atoms with Crippen LogP contribution in [0.5, 0.6) is 0 Å². The van der Waals surface area contributed by atoms with Gasteiger partial charge in [-0.3, -0.25) is 4.79 Å². The number of Topliss-reactive ketones (excluding diaryl/α,β-unsaturated/α-hetero) is 1. The molecule has 2 heteroatoms. The Kier molecular flexibility index (Phi) is 5.20. The summed E-state index contributed by atoms with van der Waals surface area (Å²) in [4.78, 5) is 11.5. The number of carbonyl (C=O) groups is 1. The van der Waals surface area contributed by atoms with Crippen molar-refractivity contribution in [1.82, 2.24) is 0 Å². The number of unbranched alkanes of at least 4 members (excludes halogenated alkanes) is 1. The van der Waals surface area contributed by atoms with Gasteiger partial charge < -0.3 is 4.74 Å². The van der Waals surface area contributed by atoms with Crippen LogP contribution in [0.1, 0.15) is 59.3 Å². The molecule has 1 rings (SSSR count). The summed E-state index contributed by atoms with van der Waals surface area (Å²) in [5, 5.41) is 0. The molecule has 92 valence electrons. The lowest BCUT2D eigenvalue weighted by molar-refractivity contribution is -0.116. The van der Waals surface area contributed by atoms with E-state index in [2.05, 4.69) is 26.8 Å². The molecule has 0 atom stereocenters. The Morgan fingerprint density at radius 1 is 1.25 bits per heavy atom. The van der Waals surface area contributed by atoms with Crippen LogP contribution in [0.4, 0.5) is 0 Å². The van der Waals surface area contributed by atoms with Crippen molar-refractivity contribution >= 4 is 5.78 Å². The number of carbonyl (C=O) groups excluding carboxylic acids is 1. The fraction of sp³-hybridized carbons (Fsp3) is 0.786. The average Bonchev–Trinajstić information content (AvgIpc) is 2.18. The molecular formula is C14H24O2. The number of hydrogen-bond acceptors (Lipinski definition) is 2. The second kappa shape index (κ2) is 6.19. The van der Waals surface area contributed by atoms with E-state index >= 15 is 0 Å². The highest BCUT2D eigenvalue weighted by atomic mass is 16.5. The van der Waals surface area contributed by atoms with E-state index in [1.807, 2.05) is 0 Å². The summed E-state index contributed by atoms with van der Waals surface area (Å²) >= 11 is 0. The van der Waals surface area contributed by atoms with Crippen LogP contribution in [0.3, 0.4) is 0 Å². The molecule has 2 nitrogen and oxygen atoms in total. The summed E-state index contributed by atoms with van der Waals surface area (Å²) in [6, 6.07) is 0. The number of ether oxygens (including phenoxy) is 1.